The van der Waals surface area contributed by atoms with Crippen LogP contribution in [0, 0.1) is 6.92 Å². The summed E-state index contributed by atoms with van der Waals surface area (Å²) in [7, 11) is 3.15. The van der Waals surface area contributed by atoms with Crippen LogP contribution in [0.3, 0.4) is 0 Å². The maximum absolute atomic E-state index is 6.26. The van der Waals surface area contributed by atoms with Crippen molar-refractivity contribution in [2.45, 2.75) is 20.8 Å². The van der Waals surface area contributed by atoms with E-state index in [-0.39, 0.29) is 5.84 Å². The number of halogens is 2. The number of imidazole rings is 1. The van der Waals surface area contributed by atoms with Gasteiger partial charge in [0.2, 0.25) is 0 Å². The van der Waals surface area contributed by atoms with Gasteiger partial charge in [-0.15, -0.1) is 5.10 Å². The van der Waals surface area contributed by atoms with E-state index in [0.29, 0.717) is 34.2 Å². The van der Waals surface area contributed by atoms with Crippen molar-refractivity contribution >= 4 is 68.4 Å². The number of hydrazine groups is 1. The summed E-state index contributed by atoms with van der Waals surface area (Å²) in [6, 6.07) is 7.24. The number of aryl methyl sites for hydroxylation is 1. The zero-order chi connectivity index (χ0) is 22.4. The fourth-order valence-corrected chi connectivity index (χ4v) is 5.08. The number of hydrogen-bond acceptors (Lipinski definition) is 7. The van der Waals surface area contributed by atoms with Gasteiger partial charge in [-0.3, -0.25) is 4.34 Å². The molecule has 0 spiro atoms. The molecule has 12 heteroatoms. The summed E-state index contributed by atoms with van der Waals surface area (Å²) in [5.74, 6) is 7.19. The molecule has 1 unspecified atom stereocenters. The molecule has 0 bridgehead atoms. The van der Waals surface area contributed by atoms with Gasteiger partial charge in [-0.05, 0) is 41.1 Å². The summed E-state index contributed by atoms with van der Waals surface area (Å²) in [4.78, 5) is 9.07. The summed E-state index contributed by atoms with van der Waals surface area (Å²) in [5.41, 5.74) is 9.52. The molecule has 2 heterocycles. The summed E-state index contributed by atoms with van der Waals surface area (Å²) in [6.07, 6.45) is 0.459. The predicted octanol–water partition coefficient (Wildman–Crippen LogP) is 4.39. The lowest BCUT2D eigenvalue weighted by molar-refractivity contribution is 0.371. The number of nitrogens with one attached hydrogen (secondary N) is 1. The molecule has 162 valence electrons. The van der Waals surface area contributed by atoms with Gasteiger partial charge in [0.05, 0.1) is 30.4 Å². The summed E-state index contributed by atoms with van der Waals surface area (Å²) < 4.78 is 7.60. The Bertz CT molecular complexity index is 1060. The van der Waals surface area contributed by atoms with E-state index in [1.165, 1.54) is 0 Å². The van der Waals surface area contributed by atoms with Gasteiger partial charge in [-0.2, -0.15) is 0 Å². The van der Waals surface area contributed by atoms with Crippen LogP contribution in [0.15, 0.2) is 29.4 Å². The van der Waals surface area contributed by atoms with Crippen LogP contribution < -0.4 is 21.6 Å². The van der Waals surface area contributed by atoms with E-state index in [9.17, 15) is 0 Å². The summed E-state index contributed by atoms with van der Waals surface area (Å²) in [5, 5.41) is 8.89. The van der Waals surface area contributed by atoms with E-state index < -0.39 is 0 Å². The van der Waals surface area contributed by atoms with Crippen LogP contribution in [0.2, 0.25) is 5.15 Å². The van der Waals surface area contributed by atoms with E-state index in [1.807, 2.05) is 37.2 Å². The van der Waals surface area contributed by atoms with Crippen molar-refractivity contribution in [3.05, 3.63) is 40.8 Å². The van der Waals surface area contributed by atoms with Gasteiger partial charge in [-0.1, -0.05) is 31.5 Å². The molecule has 9 nitrogen and oxygen atoms in total. The zero-order valence-corrected chi connectivity index (χ0v) is 21.3. The number of hydrogen-bond donors (Lipinski definition) is 3. The lowest BCUT2D eigenvalue weighted by Crippen LogP contribution is -2.26. The Balaban J connectivity index is 0.00000155. The average Bonchev–Trinajstić information content (AvgIpc) is 3.03. The molecule has 0 amide bonds. The third-order valence-corrected chi connectivity index (χ3v) is 6.21. The van der Waals surface area contributed by atoms with Crippen LogP contribution in [0.25, 0.3) is 11.2 Å². The standard InChI is InChI=1S/C16H19ClIN8OP.C2H6/c1-8-21-13-11(7-12(17)23-16(13)26(8)28-18)22-10-6-4-5-9(14(10)27-3)15(19)24-25(2)20;1-2/h4-7,28H,20H2,1-3H3,(H2,19,24)(H,22,23);1-2H3. The molecule has 30 heavy (non-hydrogen) atoms. The molecule has 0 fully saturated rings. The first-order chi connectivity index (χ1) is 14.3. The first-order valence-corrected chi connectivity index (χ1v) is 13.5. The molecule has 0 radical (unpaired) electrons. The van der Waals surface area contributed by atoms with Gasteiger partial charge in [0, 0.05) is 13.1 Å². The highest BCUT2D eigenvalue weighted by molar-refractivity contribution is 14.2. The predicted molar refractivity (Wildman–Crippen MR) is 135 cm³/mol. The Labute approximate surface area is 195 Å². The number of pyridine rings is 1. The van der Waals surface area contributed by atoms with Crippen LogP contribution in [0.1, 0.15) is 25.2 Å². The lowest BCUT2D eigenvalue weighted by atomic mass is 10.1. The topological polar surface area (TPSA) is 120 Å². The molecule has 0 aliphatic heterocycles. The van der Waals surface area contributed by atoms with Gasteiger partial charge in [0.1, 0.15) is 16.5 Å². The maximum Gasteiger partial charge on any atom is 0.167 e. The Hall–Kier alpha value is -1.88. The second kappa shape index (κ2) is 10.9. The molecule has 0 aliphatic rings. The fourth-order valence-electron chi connectivity index (χ4n) is 2.75. The molecule has 2 aromatic heterocycles. The fraction of sp³-hybridized carbons (Fsp3) is 0.278. The quantitative estimate of drug-likeness (QED) is 0.0775. The number of amidine groups is 1. The second-order valence-electron chi connectivity index (χ2n) is 5.81. The molecular formula is C18H25ClIN8OP. The number of methoxy groups -OCH3 is 1. The highest BCUT2D eigenvalue weighted by Gasteiger charge is 2.17. The van der Waals surface area contributed by atoms with Crippen molar-refractivity contribution in [1.29, 1.82) is 0 Å². The third kappa shape index (κ3) is 5.23. The lowest BCUT2D eigenvalue weighted by Gasteiger charge is -2.16. The Morgan fingerprint density at radius 3 is 2.63 bits per heavy atom. The SMILES string of the molecule is CC.COc1c(Nc2cc(Cl)nc3c2nc(C)n3PI)cccc1/C(N)=N/N(C)N. The highest BCUT2D eigenvalue weighted by atomic mass is 127. The summed E-state index contributed by atoms with van der Waals surface area (Å²) in [6.45, 7) is 5.94. The Kier molecular flexibility index (Phi) is 8.90. The minimum Gasteiger partial charge on any atom is -0.494 e. The number of ether oxygens (including phenoxy) is 1. The normalized spacial score (nSPS) is 11.5. The number of anilines is 2. The van der Waals surface area contributed by atoms with Crippen molar-refractivity contribution in [2.75, 3.05) is 19.5 Å². The number of benzene rings is 1. The smallest absolute Gasteiger partial charge is 0.167 e. The average molecular weight is 563 g/mol. The molecule has 0 saturated carbocycles. The molecular weight excluding hydrogens is 538 g/mol. The molecule has 5 N–H and O–H groups in total. The minimum atomic E-state index is 0.231. The van der Waals surface area contributed by atoms with Gasteiger partial charge >= 0.3 is 0 Å². The van der Waals surface area contributed by atoms with Crippen molar-refractivity contribution in [3.8, 4) is 5.75 Å². The molecule has 0 aliphatic carbocycles. The first kappa shape index (κ1) is 24.4. The van der Waals surface area contributed by atoms with Crippen LogP contribution >= 0.6 is 40.0 Å². The van der Waals surface area contributed by atoms with Crippen LogP contribution in [0.5, 0.6) is 5.75 Å². The number of hydrazone groups is 1. The van der Waals surface area contributed by atoms with Crippen molar-refractivity contribution < 1.29 is 4.74 Å². The first-order valence-electron chi connectivity index (χ1n) is 9.04. The molecule has 3 aromatic rings. The van der Waals surface area contributed by atoms with Gasteiger partial charge in [0.25, 0.3) is 0 Å². The summed E-state index contributed by atoms with van der Waals surface area (Å²) >= 11 is 8.55. The van der Waals surface area contributed by atoms with Crippen molar-refractivity contribution in [3.63, 3.8) is 0 Å². The third-order valence-electron chi connectivity index (χ3n) is 3.87. The number of fused-ring (bicyclic) bond motifs is 1. The zero-order valence-electron chi connectivity index (χ0n) is 17.4. The molecule has 1 aromatic carbocycles. The van der Waals surface area contributed by atoms with Crippen LogP contribution in [-0.2, 0) is 0 Å². The minimum absolute atomic E-state index is 0.231. The van der Waals surface area contributed by atoms with E-state index in [2.05, 4.69) is 42.4 Å². The largest absolute Gasteiger partial charge is 0.494 e. The number of nitrogens with two attached hydrogens (primary N) is 2. The van der Waals surface area contributed by atoms with Gasteiger partial charge in [0.15, 0.2) is 17.2 Å². The molecule has 0 saturated heterocycles. The van der Waals surface area contributed by atoms with Crippen LogP contribution in [-0.4, -0.2) is 39.4 Å². The number of nitrogens with zero attached hydrogens (tertiary/aromatic N) is 5. The highest BCUT2D eigenvalue weighted by Crippen LogP contribution is 2.37. The van der Waals surface area contributed by atoms with E-state index >= 15 is 0 Å². The van der Waals surface area contributed by atoms with Gasteiger partial charge in [-0.25, -0.2) is 20.9 Å². The van der Waals surface area contributed by atoms with Crippen molar-refractivity contribution in [2.24, 2.45) is 16.7 Å². The number of para-hydroxylation sites is 1. The molecule has 1 atom stereocenters. The van der Waals surface area contributed by atoms with E-state index in [0.717, 1.165) is 22.1 Å². The number of rotatable bonds is 6. The van der Waals surface area contributed by atoms with Crippen LogP contribution in [0.4, 0.5) is 11.4 Å². The second-order valence-corrected chi connectivity index (χ2v) is 8.26. The van der Waals surface area contributed by atoms with E-state index in [1.54, 1.807) is 26.3 Å². The maximum atomic E-state index is 6.26. The van der Waals surface area contributed by atoms with Crippen molar-refractivity contribution in [1.82, 2.24) is 19.4 Å². The molecule has 3 rings (SSSR count). The van der Waals surface area contributed by atoms with Gasteiger partial charge < -0.3 is 15.8 Å². The Morgan fingerprint density at radius 2 is 2.03 bits per heavy atom. The number of aromatic nitrogens is 3. The van der Waals surface area contributed by atoms with E-state index in [4.69, 9.17) is 27.9 Å². The monoisotopic (exact) mass is 562 g/mol. The Morgan fingerprint density at radius 1 is 1.33 bits per heavy atom.